The lowest BCUT2D eigenvalue weighted by atomic mass is 10.1. The molecule has 0 saturated heterocycles. The molecule has 4 rings (SSSR count). The normalized spacial score (nSPS) is 12.2. The number of nitrogens with one attached hydrogen (secondary N) is 1. The van der Waals surface area contributed by atoms with Crippen LogP contribution in [0.3, 0.4) is 0 Å². The molecule has 0 bridgehead atoms. The number of fused-ring (bicyclic) bond motifs is 1. The maximum Gasteiger partial charge on any atom is 0.417 e. The van der Waals surface area contributed by atoms with Crippen molar-refractivity contribution in [2.45, 2.75) is 12.7 Å². The summed E-state index contributed by atoms with van der Waals surface area (Å²) in [6.07, 6.45) is -2.55. The van der Waals surface area contributed by atoms with E-state index in [1.807, 2.05) is 0 Å². The molecule has 0 fully saturated rings. The van der Waals surface area contributed by atoms with E-state index in [1.165, 1.54) is 33.3 Å². The Bertz CT molecular complexity index is 1350. The van der Waals surface area contributed by atoms with E-state index in [4.69, 9.17) is 0 Å². The van der Waals surface area contributed by atoms with Crippen LogP contribution in [0.5, 0.6) is 0 Å². The number of carbonyl (C=O) groups is 1. The van der Waals surface area contributed by atoms with E-state index in [-0.39, 0.29) is 17.8 Å². The summed E-state index contributed by atoms with van der Waals surface area (Å²) in [5, 5.41) is 6.70. The van der Waals surface area contributed by atoms with Gasteiger partial charge >= 0.3 is 11.9 Å². The van der Waals surface area contributed by atoms with E-state index < -0.39 is 17.7 Å². The van der Waals surface area contributed by atoms with Crippen molar-refractivity contribution < 1.29 is 18.0 Å². The highest BCUT2D eigenvalue weighted by atomic mass is 19.4. The van der Waals surface area contributed by atoms with Crippen LogP contribution in [0.1, 0.15) is 11.1 Å². The van der Waals surface area contributed by atoms with Gasteiger partial charge in [-0.2, -0.15) is 13.2 Å². The van der Waals surface area contributed by atoms with Crippen molar-refractivity contribution in [3.05, 3.63) is 107 Å². The first-order valence-corrected chi connectivity index (χ1v) is 9.60. The number of rotatable bonds is 5. The van der Waals surface area contributed by atoms with E-state index in [0.29, 0.717) is 23.0 Å². The van der Waals surface area contributed by atoms with Gasteiger partial charge in [0.25, 0.3) is 0 Å². The fraction of sp³-hybridized carbons (Fsp3) is 0.0870. The van der Waals surface area contributed by atoms with Gasteiger partial charge in [-0.3, -0.25) is 9.20 Å². The molecule has 2 aromatic heterocycles. The summed E-state index contributed by atoms with van der Waals surface area (Å²) in [6, 6.07) is 18.8. The number of benzene rings is 2. The molecule has 1 amide bonds. The van der Waals surface area contributed by atoms with E-state index in [9.17, 15) is 22.8 Å². The van der Waals surface area contributed by atoms with Crippen LogP contribution in [-0.2, 0) is 11.3 Å². The van der Waals surface area contributed by atoms with Crippen LogP contribution >= 0.6 is 0 Å². The summed E-state index contributed by atoms with van der Waals surface area (Å²) in [5.74, 6) is -0.914. The Balaban J connectivity index is 1.55. The maximum atomic E-state index is 13.4. The first kappa shape index (κ1) is 21.1. The molecule has 6 nitrogen and oxygen atoms in total. The van der Waals surface area contributed by atoms with Crippen molar-refractivity contribution in [1.82, 2.24) is 14.2 Å². The lowest BCUT2D eigenvalue weighted by Gasteiger charge is -2.12. The van der Waals surface area contributed by atoms with Crippen molar-refractivity contribution in [2.24, 2.45) is 0 Å². The molecular formula is C23H17F3N4O2. The van der Waals surface area contributed by atoms with Crippen LogP contribution in [0.15, 0.2) is 89.9 Å². The number of anilines is 1. The standard InChI is InChI=1S/C23H17F3N4O2/c24-23(25,26)19(17-8-2-1-3-9-17)14-21(31)27-18-10-6-7-16(13-18)15-30-22(32)29-12-5-4-11-20(29)28-30/h1-14H,15H2,(H,27,31)/b19-14+. The maximum absolute atomic E-state index is 13.4. The molecule has 2 aromatic carbocycles. The van der Waals surface area contributed by atoms with Gasteiger partial charge < -0.3 is 5.32 Å². The molecule has 0 atom stereocenters. The highest BCUT2D eigenvalue weighted by molar-refractivity contribution is 6.04. The summed E-state index contributed by atoms with van der Waals surface area (Å²) in [7, 11) is 0. The van der Waals surface area contributed by atoms with Gasteiger partial charge in [0.15, 0.2) is 5.65 Å². The number of nitrogens with zero attached hydrogens (tertiary/aromatic N) is 3. The zero-order chi connectivity index (χ0) is 22.7. The Morgan fingerprint density at radius 3 is 2.47 bits per heavy atom. The predicted molar refractivity (Wildman–Crippen MR) is 114 cm³/mol. The number of amides is 1. The number of aromatic nitrogens is 3. The van der Waals surface area contributed by atoms with Gasteiger partial charge in [0, 0.05) is 18.0 Å². The number of carbonyl (C=O) groups excluding carboxylic acids is 1. The molecule has 0 aliphatic heterocycles. The molecule has 2 heterocycles. The third-order valence-corrected chi connectivity index (χ3v) is 4.68. The Kier molecular flexibility index (Phi) is 5.63. The predicted octanol–water partition coefficient (Wildman–Crippen LogP) is 4.13. The van der Waals surface area contributed by atoms with Crippen molar-refractivity contribution >= 4 is 22.8 Å². The van der Waals surface area contributed by atoms with Gasteiger partial charge in [-0.05, 0) is 35.4 Å². The molecular weight excluding hydrogens is 421 g/mol. The van der Waals surface area contributed by atoms with Crippen molar-refractivity contribution in [3.8, 4) is 0 Å². The molecule has 4 aromatic rings. The van der Waals surface area contributed by atoms with Gasteiger partial charge in [-0.15, -0.1) is 5.10 Å². The Morgan fingerprint density at radius 1 is 1.00 bits per heavy atom. The van der Waals surface area contributed by atoms with Gasteiger partial charge in [-0.25, -0.2) is 9.48 Å². The average Bonchev–Trinajstić information content (AvgIpc) is 3.07. The minimum Gasteiger partial charge on any atom is -0.322 e. The molecule has 32 heavy (non-hydrogen) atoms. The van der Waals surface area contributed by atoms with Crippen LogP contribution < -0.4 is 11.0 Å². The fourth-order valence-electron chi connectivity index (χ4n) is 3.25. The highest BCUT2D eigenvalue weighted by Gasteiger charge is 2.35. The van der Waals surface area contributed by atoms with Gasteiger partial charge in [0.05, 0.1) is 12.1 Å². The summed E-state index contributed by atoms with van der Waals surface area (Å²) in [6.45, 7) is 0.137. The van der Waals surface area contributed by atoms with E-state index in [0.717, 1.165) is 0 Å². The zero-order valence-corrected chi connectivity index (χ0v) is 16.6. The third kappa shape index (κ3) is 4.61. The molecule has 1 N–H and O–H groups in total. The van der Waals surface area contributed by atoms with Gasteiger partial charge in [0.2, 0.25) is 5.91 Å². The molecule has 0 unspecified atom stereocenters. The van der Waals surface area contributed by atoms with Crippen LogP contribution in [0, 0.1) is 0 Å². The van der Waals surface area contributed by atoms with Crippen LogP contribution in [0.25, 0.3) is 11.2 Å². The fourth-order valence-corrected chi connectivity index (χ4v) is 3.25. The number of allylic oxidation sites excluding steroid dienone is 1. The Hall–Kier alpha value is -4.14. The second kappa shape index (κ2) is 8.54. The SMILES string of the molecule is O=C(/C=C(\c1ccccc1)C(F)(F)F)Nc1cccc(Cn2nc3ccccn3c2=O)c1. The summed E-state index contributed by atoms with van der Waals surface area (Å²) >= 11 is 0. The van der Waals surface area contributed by atoms with Gasteiger partial charge in [-0.1, -0.05) is 48.5 Å². The second-order valence-corrected chi connectivity index (χ2v) is 6.98. The monoisotopic (exact) mass is 438 g/mol. The van der Waals surface area contributed by atoms with Crippen molar-refractivity contribution in [3.63, 3.8) is 0 Å². The molecule has 9 heteroatoms. The summed E-state index contributed by atoms with van der Waals surface area (Å²) in [4.78, 5) is 24.8. The first-order chi connectivity index (χ1) is 15.3. The summed E-state index contributed by atoms with van der Waals surface area (Å²) < 4.78 is 43.0. The molecule has 0 radical (unpaired) electrons. The molecule has 162 valence electrons. The summed E-state index contributed by atoms with van der Waals surface area (Å²) in [5.41, 5.74) is -0.0204. The number of hydrogen-bond acceptors (Lipinski definition) is 3. The molecule has 0 spiro atoms. The Labute approximate surface area is 180 Å². The molecule has 0 aliphatic carbocycles. The Morgan fingerprint density at radius 2 is 1.75 bits per heavy atom. The smallest absolute Gasteiger partial charge is 0.322 e. The minimum absolute atomic E-state index is 0.102. The third-order valence-electron chi connectivity index (χ3n) is 4.68. The average molecular weight is 438 g/mol. The zero-order valence-electron chi connectivity index (χ0n) is 16.6. The number of hydrogen-bond donors (Lipinski definition) is 1. The second-order valence-electron chi connectivity index (χ2n) is 6.98. The van der Waals surface area contributed by atoms with Crippen molar-refractivity contribution in [1.29, 1.82) is 0 Å². The first-order valence-electron chi connectivity index (χ1n) is 9.60. The van der Waals surface area contributed by atoms with Crippen LogP contribution in [-0.4, -0.2) is 26.3 Å². The highest BCUT2D eigenvalue weighted by Crippen LogP contribution is 2.33. The molecule has 0 saturated carbocycles. The topological polar surface area (TPSA) is 68.4 Å². The molecule has 0 aliphatic rings. The van der Waals surface area contributed by atoms with Gasteiger partial charge in [0.1, 0.15) is 0 Å². The quantitative estimate of drug-likeness (QED) is 0.477. The van der Waals surface area contributed by atoms with Crippen LogP contribution in [0.4, 0.5) is 18.9 Å². The lowest BCUT2D eigenvalue weighted by molar-refractivity contribution is -0.112. The number of pyridine rings is 1. The van der Waals surface area contributed by atoms with Crippen LogP contribution in [0.2, 0.25) is 0 Å². The van der Waals surface area contributed by atoms with E-state index in [1.54, 1.807) is 54.7 Å². The number of alkyl halides is 3. The number of halogens is 3. The van der Waals surface area contributed by atoms with E-state index >= 15 is 0 Å². The van der Waals surface area contributed by atoms with E-state index in [2.05, 4.69) is 10.4 Å². The largest absolute Gasteiger partial charge is 0.417 e. The minimum atomic E-state index is -4.69. The lowest BCUT2D eigenvalue weighted by Crippen LogP contribution is -2.21. The van der Waals surface area contributed by atoms with Crippen molar-refractivity contribution in [2.75, 3.05) is 5.32 Å².